The van der Waals surface area contributed by atoms with Crippen LogP contribution in [0.15, 0.2) is 12.4 Å². The van der Waals surface area contributed by atoms with Gasteiger partial charge in [0, 0.05) is 18.3 Å². The summed E-state index contributed by atoms with van der Waals surface area (Å²) in [6.45, 7) is 6.78. The van der Waals surface area contributed by atoms with E-state index in [0.29, 0.717) is 5.56 Å². The average Bonchev–Trinajstić information content (AvgIpc) is 2.92. The molecule has 0 saturated heterocycles. The van der Waals surface area contributed by atoms with Crippen molar-refractivity contribution in [3.8, 4) is 0 Å². The Balaban J connectivity index is 2.49. The molecule has 1 heterocycles. The minimum absolute atomic E-state index is 0.0973. The first kappa shape index (κ1) is 19.9. The van der Waals surface area contributed by atoms with Gasteiger partial charge in [0.05, 0.1) is 12.3 Å². The molecule has 24 heavy (non-hydrogen) atoms. The van der Waals surface area contributed by atoms with Crippen molar-refractivity contribution < 1.29 is 29.6 Å². The van der Waals surface area contributed by atoms with Gasteiger partial charge in [0.1, 0.15) is 17.7 Å². The number of carbonyl (C=O) groups excluding carboxylic acids is 1. The molecular formula is C15H25N3O6. The Morgan fingerprint density at radius 1 is 1.38 bits per heavy atom. The van der Waals surface area contributed by atoms with Gasteiger partial charge in [-0.15, -0.1) is 0 Å². The van der Waals surface area contributed by atoms with Crippen molar-refractivity contribution >= 4 is 12.1 Å². The summed E-state index contributed by atoms with van der Waals surface area (Å²) in [6.07, 6.45) is -0.215. The number of carboxylic acids is 1. The fourth-order valence-electron chi connectivity index (χ4n) is 1.85. The van der Waals surface area contributed by atoms with Crippen LogP contribution in [0, 0.1) is 0 Å². The minimum atomic E-state index is -1.24. The molecule has 0 fully saturated rings. The number of hydrogen-bond donors (Lipinski definition) is 4. The Labute approximate surface area is 140 Å². The van der Waals surface area contributed by atoms with Crippen molar-refractivity contribution in [3.05, 3.63) is 18.0 Å². The summed E-state index contributed by atoms with van der Waals surface area (Å²) in [5, 5.41) is 35.3. The summed E-state index contributed by atoms with van der Waals surface area (Å²) < 4.78 is 6.24. The second-order valence-corrected chi connectivity index (χ2v) is 6.50. The van der Waals surface area contributed by atoms with Crippen molar-refractivity contribution in [3.63, 3.8) is 0 Å². The summed E-state index contributed by atoms with van der Waals surface area (Å²) in [7, 11) is 0. The van der Waals surface area contributed by atoms with Crippen LogP contribution in [0.25, 0.3) is 0 Å². The van der Waals surface area contributed by atoms with E-state index < -0.39 is 35.9 Å². The molecule has 1 aromatic rings. The van der Waals surface area contributed by atoms with Crippen LogP contribution < -0.4 is 5.32 Å². The normalized spacial score (nSPS) is 15.4. The van der Waals surface area contributed by atoms with E-state index in [1.807, 2.05) is 0 Å². The highest BCUT2D eigenvalue weighted by molar-refractivity contribution is 5.71. The number of hydrogen-bond acceptors (Lipinski definition) is 6. The molecule has 0 aliphatic heterocycles. The number of alkyl carbamates (subject to hydrolysis) is 1. The van der Waals surface area contributed by atoms with E-state index in [1.54, 1.807) is 20.8 Å². The maximum Gasteiger partial charge on any atom is 0.407 e. The number of ether oxygens (including phenoxy) is 1. The SMILES string of the molecule is C[C@@H](C(=O)O)n1cc(C(O)C(O)CCNC(=O)OC(C)(C)C)cn1. The largest absolute Gasteiger partial charge is 0.480 e. The molecule has 1 amide bonds. The molecule has 9 heteroatoms. The Kier molecular flexibility index (Phi) is 6.73. The molecule has 0 saturated carbocycles. The number of rotatable bonds is 7. The van der Waals surface area contributed by atoms with Crippen molar-refractivity contribution in [1.82, 2.24) is 15.1 Å². The Hall–Kier alpha value is -2.13. The summed E-state index contributed by atoms with van der Waals surface area (Å²) in [5.74, 6) is -1.05. The first-order valence-electron chi connectivity index (χ1n) is 7.61. The van der Waals surface area contributed by atoms with Crippen LogP contribution in [0.1, 0.15) is 51.8 Å². The number of aliphatic carboxylic acids is 1. The van der Waals surface area contributed by atoms with Gasteiger partial charge in [-0.1, -0.05) is 0 Å². The first-order valence-corrected chi connectivity index (χ1v) is 7.61. The lowest BCUT2D eigenvalue weighted by Gasteiger charge is -2.21. The van der Waals surface area contributed by atoms with Gasteiger partial charge >= 0.3 is 12.1 Å². The van der Waals surface area contributed by atoms with Gasteiger partial charge in [0.2, 0.25) is 0 Å². The second kappa shape index (κ2) is 8.11. The molecule has 9 nitrogen and oxygen atoms in total. The second-order valence-electron chi connectivity index (χ2n) is 6.50. The summed E-state index contributed by atoms with van der Waals surface area (Å²) in [6, 6.07) is -0.878. The van der Waals surface area contributed by atoms with Gasteiger partial charge < -0.3 is 25.4 Å². The third kappa shape index (κ3) is 6.17. The zero-order valence-corrected chi connectivity index (χ0v) is 14.3. The lowest BCUT2D eigenvalue weighted by Crippen LogP contribution is -2.34. The van der Waals surface area contributed by atoms with Crippen molar-refractivity contribution in [2.24, 2.45) is 0 Å². The lowest BCUT2D eigenvalue weighted by molar-refractivity contribution is -0.140. The van der Waals surface area contributed by atoms with Crippen molar-refractivity contribution in [2.45, 2.75) is 58.0 Å². The molecule has 1 aromatic heterocycles. The molecule has 0 aliphatic carbocycles. The van der Waals surface area contributed by atoms with Crippen LogP contribution >= 0.6 is 0 Å². The monoisotopic (exact) mass is 343 g/mol. The number of carboxylic acid groups (broad SMARTS) is 1. The molecule has 4 N–H and O–H groups in total. The van der Waals surface area contributed by atoms with Crippen molar-refractivity contribution in [1.29, 1.82) is 0 Å². The number of amides is 1. The van der Waals surface area contributed by atoms with Crippen LogP contribution in [0.3, 0.4) is 0 Å². The fourth-order valence-corrected chi connectivity index (χ4v) is 1.85. The van der Waals surface area contributed by atoms with E-state index in [4.69, 9.17) is 9.84 Å². The van der Waals surface area contributed by atoms with Gasteiger partial charge in [0.25, 0.3) is 0 Å². The molecule has 0 radical (unpaired) electrons. The Morgan fingerprint density at radius 2 is 2.00 bits per heavy atom. The Morgan fingerprint density at radius 3 is 2.54 bits per heavy atom. The highest BCUT2D eigenvalue weighted by Gasteiger charge is 2.23. The van der Waals surface area contributed by atoms with E-state index in [9.17, 15) is 19.8 Å². The number of aliphatic hydroxyl groups excluding tert-OH is 2. The average molecular weight is 343 g/mol. The molecule has 2 unspecified atom stereocenters. The number of aromatic nitrogens is 2. The van der Waals surface area contributed by atoms with Crippen molar-refractivity contribution in [2.75, 3.05) is 6.54 Å². The van der Waals surface area contributed by atoms with Crippen LogP contribution in [0.4, 0.5) is 4.79 Å². The molecule has 136 valence electrons. The van der Waals surface area contributed by atoms with Gasteiger partial charge in [0.15, 0.2) is 0 Å². The Bertz CT molecular complexity index is 566. The molecular weight excluding hydrogens is 318 g/mol. The van der Waals surface area contributed by atoms with E-state index in [2.05, 4.69) is 10.4 Å². The summed E-state index contributed by atoms with van der Waals surface area (Å²) in [5.41, 5.74) is -0.315. The highest BCUT2D eigenvalue weighted by Crippen LogP contribution is 2.19. The molecule has 0 bridgehead atoms. The smallest absolute Gasteiger partial charge is 0.407 e. The van der Waals surface area contributed by atoms with E-state index in [0.717, 1.165) is 0 Å². The van der Waals surface area contributed by atoms with Gasteiger partial charge in [-0.2, -0.15) is 5.10 Å². The van der Waals surface area contributed by atoms with Crippen LogP contribution in [-0.4, -0.2) is 55.4 Å². The molecule has 3 atom stereocenters. The molecule has 0 aromatic carbocycles. The fraction of sp³-hybridized carbons (Fsp3) is 0.667. The topological polar surface area (TPSA) is 134 Å². The van der Waals surface area contributed by atoms with E-state index in [1.165, 1.54) is 24.0 Å². The standard InChI is InChI=1S/C15H25N3O6/c1-9(13(21)22)18-8-10(7-17-18)12(20)11(19)5-6-16-14(23)24-15(2,3)4/h7-9,11-12,19-20H,5-6H2,1-4H3,(H,16,23)(H,21,22)/t9-,11?,12?/m0/s1. The zero-order chi connectivity index (χ0) is 18.5. The van der Waals surface area contributed by atoms with Gasteiger partial charge in [-0.25, -0.2) is 9.59 Å². The van der Waals surface area contributed by atoms with Crippen LogP contribution in [0.5, 0.6) is 0 Å². The first-order chi connectivity index (χ1) is 11.0. The molecule has 0 spiro atoms. The third-order valence-electron chi connectivity index (χ3n) is 3.19. The molecule has 0 aliphatic rings. The predicted molar refractivity (Wildman–Crippen MR) is 84.4 cm³/mol. The predicted octanol–water partition coefficient (Wildman–Crippen LogP) is 0.838. The lowest BCUT2D eigenvalue weighted by atomic mass is 10.1. The summed E-state index contributed by atoms with van der Waals surface area (Å²) >= 11 is 0. The highest BCUT2D eigenvalue weighted by atomic mass is 16.6. The zero-order valence-electron chi connectivity index (χ0n) is 14.3. The number of nitrogens with one attached hydrogen (secondary N) is 1. The van der Waals surface area contributed by atoms with Crippen LogP contribution in [-0.2, 0) is 9.53 Å². The minimum Gasteiger partial charge on any atom is -0.480 e. The summed E-state index contributed by atoms with van der Waals surface area (Å²) in [4.78, 5) is 22.4. The maximum atomic E-state index is 11.5. The number of carbonyl (C=O) groups is 2. The van der Waals surface area contributed by atoms with Crippen LogP contribution in [0.2, 0.25) is 0 Å². The maximum absolute atomic E-state index is 11.5. The van der Waals surface area contributed by atoms with E-state index >= 15 is 0 Å². The number of nitrogens with zero attached hydrogens (tertiary/aromatic N) is 2. The van der Waals surface area contributed by atoms with Gasteiger partial charge in [-0.3, -0.25) is 4.68 Å². The quantitative estimate of drug-likeness (QED) is 0.576. The number of aliphatic hydroxyl groups is 2. The van der Waals surface area contributed by atoms with E-state index in [-0.39, 0.29) is 13.0 Å². The molecule has 1 rings (SSSR count). The van der Waals surface area contributed by atoms with Gasteiger partial charge in [-0.05, 0) is 34.1 Å². The third-order valence-corrected chi connectivity index (χ3v) is 3.19.